The van der Waals surface area contributed by atoms with Crippen LogP contribution in [0.25, 0.3) is 17.1 Å². The van der Waals surface area contributed by atoms with Gasteiger partial charge in [0, 0.05) is 5.56 Å². The molecule has 2 aromatic heterocycles. The summed E-state index contributed by atoms with van der Waals surface area (Å²) in [5, 5.41) is 19.3. The van der Waals surface area contributed by atoms with Crippen molar-refractivity contribution >= 4 is 17.9 Å². The maximum absolute atomic E-state index is 12.9. The molecule has 0 saturated heterocycles. The van der Waals surface area contributed by atoms with Crippen LogP contribution >= 0.6 is 0 Å². The number of carbonyl (C=O) groups is 1. The van der Waals surface area contributed by atoms with Crippen LogP contribution in [0.3, 0.4) is 0 Å². The Labute approximate surface area is 181 Å². The van der Waals surface area contributed by atoms with Crippen molar-refractivity contribution in [2.45, 2.75) is 0 Å². The topological polar surface area (TPSA) is 156 Å². The molecule has 162 valence electrons. The number of nitrogens with two attached hydrogens (primary N) is 1. The number of ether oxygens (including phenoxy) is 2. The highest BCUT2D eigenvalue weighted by molar-refractivity contribution is 5.99. The Balaban J connectivity index is 1.67. The van der Waals surface area contributed by atoms with E-state index in [-0.39, 0.29) is 17.3 Å². The molecule has 1 amide bonds. The summed E-state index contributed by atoms with van der Waals surface area (Å²) in [6, 6.07) is 14.2. The van der Waals surface area contributed by atoms with Gasteiger partial charge in [0.05, 0.1) is 20.4 Å². The van der Waals surface area contributed by atoms with Gasteiger partial charge >= 0.3 is 0 Å². The van der Waals surface area contributed by atoms with E-state index in [9.17, 15) is 4.79 Å². The Kier molecular flexibility index (Phi) is 5.74. The van der Waals surface area contributed by atoms with E-state index in [2.05, 4.69) is 35.8 Å². The summed E-state index contributed by atoms with van der Waals surface area (Å²) in [5.74, 6) is 0.784. The van der Waals surface area contributed by atoms with Crippen LogP contribution in [0.5, 0.6) is 11.5 Å². The Bertz CT molecular complexity index is 1260. The first-order chi connectivity index (χ1) is 15.6. The van der Waals surface area contributed by atoms with Crippen molar-refractivity contribution in [1.29, 1.82) is 0 Å². The molecule has 0 aliphatic heterocycles. The van der Waals surface area contributed by atoms with E-state index in [1.165, 1.54) is 18.0 Å². The van der Waals surface area contributed by atoms with Crippen molar-refractivity contribution in [3.8, 4) is 28.6 Å². The standard InChI is InChI=1S/C20H18N8O4/c1-30-14-8-6-12(7-9-14)11-22-24-20(29)16-17(13-4-3-5-15(10-13)31-2)28(27-23-16)19-18(21)25-32-26-19/h3-11H,1-2H3,(H2,21,25)(H,24,29). The first-order valence-corrected chi connectivity index (χ1v) is 9.26. The van der Waals surface area contributed by atoms with Crippen LogP contribution in [0.4, 0.5) is 5.82 Å². The highest BCUT2D eigenvalue weighted by Gasteiger charge is 2.25. The highest BCUT2D eigenvalue weighted by Crippen LogP contribution is 2.28. The van der Waals surface area contributed by atoms with E-state index in [4.69, 9.17) is 15.2 Å². The van der Waals surface area contributed by atoms with Crippen LogP contribution in [-0.2, 0) is 0 Å². The molecule has 0 radical (unpaired) electrons. The van der Waals surface area contributed by atoms with E-state index in [1.807, 2.05) is 0 Å². The zero-order chi connectivity index (χ0) is 22.5. The number of aromatic nitrogens is 5. The number of hydrazone groups is 1. The summed E-state index contributed by atoms with van der Waals surface area (Å²) in [7, 11) is 3.12. The van der Waals surface area contributed by atoms with Gasteiger partial charge in [-0.15, -0.1) is 5.10 Å². The number of amides is 1. The van der Waals surface area contributed by atoms with Gasteiger partial charge in [0.15, 0.2) is 5.69 Å². The molecule has 2 heterocycles. The lowest BCUT2D eigenvalue weighted by molar-refractivity contribution is 0.0950. The van der Waals surface area contributed by atoms with Crippen LogP contribution in [0.2, 0.25) is 0 Å². The molecule has 4 aromatic rings. The Morgan fingerprint density at radius 1 is 1.12 bits per heavy atom. The molecule has 0 bridgehead atoms. The molecule has 0 spiro atoms. The molecule has 0 saturated carbocycles. The zero-order valence-electron chi connectivity index (χ0n) is 17.1. The fraction of sp³-hybridized carbons (Fsp3) is 0.100. The summed E-state index contributed by atoms with van der Waals surface area (Å²) in [6.45, 7) is 0. The summed E-state index contributed by atoms with van der Waals surface area (Å²) in [4.78, 5) is 12.9. The predicted molar refractivity (Wildman–Crippen MR) is 114 cm³/mol. The quantitative estimate of drug-likeness (QED) is 0.326. The van der Waals surface area contributed by atoms with Gasteiger partial charge in [0.25, 0.3) is 5.91 Å². The van der Waals surface area contributed by atoms with Gasteiger partial charge in [0.1, 0.15) is 17.2 Å². The van der Waals surface area contributed by atoms with Gasteiger partial charge in [-0.25, -0.2) is 10.1 Å². The van der Waals surface area contributed by atoms with Gasteiger partial charge < -0.3 is 15.2 Å². The predicted octanol–water partition coefficient (Wildman–Crippen LogP) is 1.68. The average molecular weight is 434 g/mol. The second-order valence-electron chi connectivity index (χ2n) is 6.38. The van der Waals surface area contributed by atoms with Crippen molar-refractivity contribution in [2.75, 3.05) is 20.0 Å². The van der Waals surface area contributed by atoms with E-state index < -0.39 is 5.91 Å². The van der Waals surface area contributed by atoms with E-state index in [0.717, 1.165) is 5.56 Å². The lowest BCUT2D eigenvalue weighted by Crippen LogP contribution is -2.19. The fourth-order valence-corrected chi connectivity index (χ4v) is 2.86. The van der Waals surface area contributed by atoms with Crippen molar-refractivity contribution < 1.29 is 18.9 Å². The molecule has 0 aliphatic carbocycles. The fourth-order valence-electron chi connectivity index (χ4n) is 2.86. The minimum absolute atomic E-state index is 0.00691. The van der Waals surface area contributed by atoms with Gasteiger partial charge in [-0.05, 0) is 52.3 Å². The monoisotopic (exact) mass is 434 g/mol. The highest BCUT2D eigenvalue weighted by atomic mass is 16.6. The number of hydrogen-bond donors (Lipinski definition) is 2. The number of anilines is 1. The average Bonchev–Trinajstić information content (AvgIpc) is 3.45. The van der Waals surface area contributed by atoms with Crippen LogP contribution in [0.1, 0.15) is 16.1 Å². The molecular formula is C20H18N8O4. The summed E-state index contributed by atoms with van der Waals surface area (Å²) < 4.78 is 16.3. The van der Waals surface area contributed by atoms with Crippen molar-refractivity contribution in [3.63, 3.8) is 0 Å². The van der Waals surface area contributed by atoms with Crippen LogP contribution in [-0.4, -0.2) is 51.6 Å². The Morgan fingerprint density at radius 2 is 1.91 bits per heavy atom. The van der Waals surface area contributed by atoms with E-state index in [0.29, 0.717) is 22.8 Å². The molecule has 2 aromatic carbocycles. The number of nitrogens with zero attached hydrogens (tertiary/aromatic N) is 6. The molecule has 0 fully saturated rings. The third-order valence-electron chi connectivity index (χ3n) is 4.42. The third-order valence-corrected chi connectivity index (χ3v) is 4.42. The molecule has 0 aliphatic rings. The molecule has 3 N–H and O–H groups in total. The Morgan fingerprint density at radius 3 is 2.59 bits per heavy atom. The second kappa shape index (κ2) is 8.95. The molecule has 12 nitrogen and oxygen atoms in total. The van der Waals surface area contributed by atoms with E-state index >= 15 is 0 Å². The van der Waals surface area contributed by atoms with Crippen LogP contribution in [0, 0.1) is 0 Å². The third kappa shape index (κ3) is 4.09. The zero-order valence-corrected chi connectivity index (χ0v) is 17.1. The smallest absolute Gasteiger partial charge is 0.294 e. The molecule has 0 unspecified atom stereocenters. The molecule has 12 heteroatoms. The summed E-state index contributed by atoms with van der Waals surface area (Å²) in [6.07, 6.45) is 1.49. The maximum atomic E-state index is 12.9. The number of nitrogens with one attached hydrogen (secondary N) is 1. The first-order valence-electron chi connectivity index (χ1n) is 9.26. The van der Waals surface area contributed by atoms with Crippen molar-refractivity contribution in [3.05, 3.63) is 59.8 Å². The largest absolute Gasteiger partial charge is 0.497 e. The Hall–Kier alpha value is -4.74. The van der Waals surface area contributed by atoms with Gasteiger partial charge in [0.2, 0.25) is 11.6 Å². The normalized spacial score (nSPS) is 10.9. The molecule has 0 atom stereocenters. The maximum Gasteiger partial charge on any atom is 0.294 e. The summed E-state index contributed by atoms with van der Waals surface area (Å²) >= 11 is 0. The van der Waals surface area contributed by atoms with Gasteiger partial charge in [-0.3, -0.25) is 4.79 Å². The number of nitrogen functional groups attached to an aromatic ring is 1. The minimum Gasteiger partial charge on any atom is -0.497 e. The summed E-state index contributed by atoms with van der Waals surface area (Å²) in [5.41, 5.74) is 9.92. The van der Waals surface area contributed by atoms with Crippen LogP contribution in [0.15, 0.2) is 58.3 Å². The second-order valence-corrected chi connectivity index (χ2v) is 6.38. The molecule has 32 heavy (non-hydrogen) atoms. The van der Waals surface area contributed by atoms with Crippen molar-refractivity contribution in [2.24, 2.45) is 5.10 Å². The number of carbonyl (C=O) groups excluding carboxylic acids is 1. The lowest BCUT2D eigenvalue weighted by atomic mass is 10.1. The number of hydrogen-bond acceptors (Lipinski definition) is 10. The number of methoxy groups -OCH3 is 2. The van der Waals surface area contributed by atoms with Gasteiger partial charge in [-0.1, -0.05) is 17.3 Å². The first kappa shape index (κ1) is 20.5. The minimum atomic E-state index is -0.589. The van der Waals surface area contributed by atoms with Crippen molar-refractivity contribution in [1.82, 2.24) is 30.7 Å². The van der Waals surface area contributed by atoms with Crippen LogP contribution < -0.4 is 20.6 Å². The molecule has 4 rings (SSSR count). The number of benzene rings is 2. The SMILES string of the molecule is COc1ccc(C=NNC(=O)c2nnn(-c3nonc3N)c2-c2cccc(OC)c2)cc1. The lowest BCUT2D eigenvalue weighted by Gasteiger charge is -2.07. The number of rotatable bonds is 7. The van der Waals surface area contributed by atoms with Gasteiger partial charge in [-0.2, -0.15) is 9.78 Å². The molecular weight excluding hydrogens is 416 g/mol. The van der Waals surface area contributed by atoms with E-state index in [1.54, 1.807) is 55.6 Å².